The number of anilines is 2. The summed E-state index contributed by atoms with van der Waals surface area (Å²) in [6.45, 7) is 2.45. The van der Waals surface area contributed by atoms with Crippen LogP contribution in [0.15, 0.2) is 47.0 Å². The normalized spacial score (nSPS) is 10.6. The molecular weight excluding hydrogens is 350 g/mol. The van der Waals surface area contributed by atoms with Crippen LogP contribution >= 0.6 is 0 Å². The first-order valence-corrected chi connectivity index (χ1v) is 8.33. The summed E-state index contributed by atoms with van der Waals surface area (Å²) in [4.78, 5) is 14.9. The zero-order valence-electron chi connectivity index (χ0n) is 14.7. The molecule has 3 N–H and O–H groups in total. The van der Waals surface area contributed by atoms with Crippen LogP contribution in [0.5, 0.6) is 0 Å². The van der Waals surface area contributed by atoms with Gasteiger partial charge in [-0.15, -0.1) is 0 Å². The average molecular weight is 369 g/mol. The second-order valence-corrected chi connectivity index (χ2v) is 5.87. The third kappa shape index (κ3) is 4.59. The molecule has 0 aliphatic rings. The highest BCUT2D eigenvalue weighted by atomic mass is 16.6. The highest BCUT2D eigenvalue weighted by Gasteiger charge is 2.13. The van der Waals surface area contributed by atoms with E-state index in [-0.39, 0.29) is 18.8 Å². The van der Waals surface area contributed by atoms with Gasteiger partial charge in [-0.2, -0.15) is 4.98 Å². The van der Waals surface area contributed by atoms with Crippen LogP contribution in [0.25, 0.3) is 11.4 Å². The van der Waals surface area contributed by atoms with E-state index in [9.17, 15) is 10.1 Å². The molecule has 0 amide bonds. The van der Waals surface area contributed by atoms with E-state index in [1.54, 1.807) is 6.07 Å². The Balaban J connectivity index is 1.76. The van der Waals surface area contributed by atoms with E-state index in [1.165, 1.54) is 12.1 Å². The Kier molecular flexibility index (Phi) is 5.62. The molecule has 3 aromatic rings. The summed E-state index contributed by atoms with van der Waals surface area (Å²) in [5, 5.41) is 30.0. The molecule has 140 valence electrons. The van der Waals surface area contributed by atoms with Gasteiger partial charge in [0.15, 0.2) is 0 Å². The van der Waals surface area contributed by atoms with E-state index in [1.807, 2.05) is 31.2 Å². The maximum absolute atomic E-state index is 11.0. The third-order valence-corrected chi connectivity index (χ3v) is 3.82. The predicted octanol–water partition coefficient (Wildman–Crippen LogP) is 2.97. The number of non-ortho nitro benzene ring substituents is 1. The van der Waals surface area contributed by atoms with Gasteiger partial charge in [-0.1, -0.05) is 28.9 Å². The first kappa shape index (κ1) is 18.3. The van der Waals surface area contributed by atoms with Crippen molar-refractivity contribution in [3.05, 3.63) is 64.0 Å². The smallest absolute Gasteiger partial charge is 0.271 e. The van der Waals surface area contributed by atoms with Gasteiger partial charge in [-0.05, 0) is 19.1 Å². The number of aliphatic hydroxyl groups is 1. The summed E-state index contributed by atoms with van der Waals surface area (Å²) in [5.74, 6) is 0.833. The van der Waals surface area contributed by atoms with Crippen molar-refractivity contribution in [2.45, 2.75) is 13.5 Å². The highest BCUT2D eigenvalue weighted by molar-refractivity contribution is 5.72. The van der Waals surface area contributed by atoms with Crippen molar-refractivity contribution in [2.75, 3.05) is 23.8 Å². The monoisotopic (exact) mass is 369 g/mol. The number of aromatic nitrogens is 2. The first-order chi connectivity index (χ1) is 13.1. The molecule has 2 aromatic carbocycles. The molecule has 0 unspecified atom stereocenters. The number of hydrogen-bond acceptors (Lipinski definition) is 8. The molecular formula is C18H19N5O4. The molecule has 0 aliphatic carbocycles. The number of nitrogens with zero attached hydrogens (tertiary/aromatic N) is 3. The maximum atomic E-state index is 11.0. The molecule has 0 fully saturated rings. The molecule has 9 nitrogen and oxygen atoms in total. The summed E-state index contributed by atoms with van der Waals surface area (Å²) in [6, 6.07) is 12.1. The van der Waals surface area contributed by atoms with Crippen LogP contribution in [-0.2, 0) is 6.54 Å². The molecule has 1 heterocycles. The minimum atomic E-state index is -0.469. The lowest BCUT2D eigenvalue weighted by Crippen LogP contribution is -2.09. The fraction of sp³-hybridized carbons (Fsp3) is 0.222. The molecule has 0 spiro atoms. The number of nitro benzene ring substituents is 1. The van der Waals surface area contributed by atoms with Crippen molar-refractivity contribution in [1.82, 2.24) is 10.1 Å². The topological polar surface area (TPSA) is 126 Å². The Hall–Kier alpha value is -3.46. The molecule has 9 heteroatoms. The lowest BCUT2D eigenvalue weighted by molar-refractivity contribution is -0.384. The number of hydrogen-bond donors (Lipinski definition) is 3. The number of aliphatic hydroxyl groups excluding tert-OH is 1. The highest BCUT2D eigenvalue weighted by Crippen LogP contribution is 2.27. The Labute approximate surface area is 155 Å². The number of aryl methyl sites for hydroxylation is 1. The van der Waals surface area contributed by atoms with Crippen LogP contribution < -0.4 is 10.6 Å². The van der Waals surface area contributed by atoms with E-state index in [2.05, 4.69) is 20.8 Å². The van der Waals surface area contributed by atoms with Gasteiger partial charge in [0.2, 0.25) is 11.7 Å². The van der Waals surface area contributed by atoms with Gasteiger partial charge in [-0.3, -0.25) is 10.1 Å². The molecule has 0 saturated carbocycles. The molecule has 0 bridgehead atoms. The van der Waals surface area contributed by atoms with E-state index in [0.29, 0.717) is 29.6 Å². The van der Waals surface area contributed by atoms with Crippen LogP contribution in [0.3, 0.4) is 0 Å². The Morgan fingerprint density at radius 1 is 1.19 bits per heavy atom. The minimum absolute atomic E-state index is 0.0435. The van der Waals surface area contributed by atoms with Crippen LogP contribution in [0.2, 0.25) is 0 Å². The summed E-state index contributed by atoms with van der Waals surface area (Å²) >= 11 is 0. The van der Waals surface area contributed by atoms with Gasteiger partial charge < -0.3 is 20.3 Å². The van der Waals surface area contributed by atoms with Gasteiger partial charge >= 0.3 is 0 Å². The van der Waals surface area contributed by atoms with Crippen molar-refractivity contribution in [1.29, 1.82) is 0 Å². The van der Waals surface area contributed by atoms with Gasteiger partial charge in [-0.25, -0.2) is 0 Å². The van der Waals surface area contributed by atoms with Gasteiger partial charge in [0.1, 0.15) is 0 Å². The summed E-state index contributed by atoms with van der Waals surface area (Å²) < 4.78 is 5.26. The molecule has 3 rings (SSSR count). The molecule has 0 aliphatic heterocycles. The van der Waals surface area contributed by atoms with Gasteiger partial charge in [0.05, 0.1) is 29.4 Å². The standard InChI is InChI=1S/C18H19N5O4/c1-12-3-2-4-13(9-12)18-21-17(27-22-18)11-20-16-10-14(23(25)26)5-6-15(16)19-7-8-24/h2-6,9-10,19-20,24H,7-8,11H2,1H3. The molecule has 27 heavy (non-hydrogen) atoms. The molecule has 0 saturated heterocycles. The largest absolute Gasteiger partial charge is 0.395 e. The quantitative estimate of drug-likeness (QED) is 0.409. The van der Waals surface area contributed by atoms with Gasteiger partial charge in [0, 0.05) is 24.2 Å². The number of nitrogens with one attached hydrogen (secondary N) is 2. The van der Waals surface area contributed by atoms with Crippen molar-refractivity contribution in [3.8, 4) is 11.4 Å². The lowest BCUT2D eigenvalue weighted by atomic mass is 10.1. The second-order valence-electron chi connectivity index (χ2n) is 5.87. The zero-order chi connectivity index (χ0) is 19.2. The molecule has 0 radical (unpaired) electrons. The van der Waals surface area contributed by atoms with E-state index >= 15 is 0 Å². The van der Waals surface area contributed by atoms with Crippen LogP contribution in [-0.4, -0.2) is 33.3 Å². The van der Waals surface area contributed by atoms with Gasteiger partial charge in [0.25, 0.3) is 5.69 Å². The summed E-state index contributed by atoms with van der Waals surface area (Å²) in [6.07, 6.45) is 0. The Morgan fingerprint density at radius 2 is 2.04 bits per heavy atom. The van der Waals surface area contributed by atoms with E-state index in [0.717, 1.165) is 11.1 Å². The van der Waals surface area contributed by atoms with Crippen molar-refractivity contribution in [2.24, 2.45) is 0 Å². The average Bonchev–Trinajstić information content (AvgIpc) is 3.14. The Bertz CT molecular complexity index is 941. The fourth-order valence-corrected chi connectivity index (χ4v) is 2.54. The summed E-state index contributed by atoms with van der Waals surface area (Å²) in [7, 11) is 0. The van der Waals surface area contributed by atoms with Crippen molar-refractivity contribution in [3.63, 3.8) is 0 Å². The predicted molar refractivity (Wildman–Crippen MR) is 100 cm³/mol. The second kappa shape index (κ2) is 8.28. The van der Waals surface area contributed by atoms with Crippen molar-refractivity contribution >= 4 is 17.1 Å². The number of nitro groups is 1. The first-order valence-electron chi connectivity index (χ1n) is 8.33. The molecule has 1 aromatic heterocycles. The lowest BCUT2D eigenvalue weighted by Gasteiger charge is -2.12. The van der Waals surface area contributed by atoms with Crippen LogP contribution in [0.4, 0.5) is 17.1 Å². The zero-order valence-corrected chi connectivity index (χ0v) is 14.7. The maximum Gasteiger partial charge on any atom is 0.271 e. The number of benzene rings is 2. The minimum Gasteiger partial charge on any atom is -0.395 e. The summed E-state index contributed by atoms with van der Waals surface area (Å²) in [5.41, 5.74) is 3.04. The number of rotatable bonds is 8. The fourth-order valence-electron chi connectivity index (χ4n) is 2.54. The molecule has 0 atom stereocenters. The Morgan fingerprint density at radius 3 is 2.78 bits per heavy atom. The van der Waals surface area contributed by atoms with E-state index in [4.69, 9.17) is 9.63 Å². The third-order valence-electron chi connectivity index (χ3n) is 3.82. The SMILES string of the molecule is Cc1cccc(-c2noc(CNc3cc([N+](=O)[O-])ccc3NCCO)n2)c1. The van der Waals surface area contributed by atoms with Crippen LogP contribution in [0.1, 0.15) is 11.5 Å². The van der Waals surface area contributed by atoms with Crippen molar-refractivity contribution < 1.29 is 14.6 Å². The van der Waals surface area contributed by atoms with Crippen LogP contribution in [0, 0.1) is 17.0 Å². The van der Waals surface area contributed by atoms with E-state index < -0.39 is 4.92 Å².